The van der Waals surface area contributed by atoms with Crippen molar-refractivity contribution in [2.45, 2.75) is 13.0 Å². The molecular weight excluding hydrogens is 286 g/mol. The van der Waals surface area contributed by atoms with Gasteiger partial charge in [-0.1, -0.05) is 35.0 Å². The summed E-state index contributed by atoms with van der Waals surface area (Å²) >= 11 is 3.43. The molecule has 0 aliphatic carbocycles. The Morgan fingerprint density at radius 1 is 1.31 bits per heavy atom. The molecule has 2 rings (SSSR count). The summed E-state index contributed by atoms with van der Waals surface area (Å²) in [5.74, 6) is 2.05. The maximum absolute atomic E-state index is 11.8. The highest BCUT2D eigenvalue weighted by molar-refractivity contribution is 9.10. The molecule has 1 aromatic rings. The van der Waals surface area contributed by atoms with Gasteiger partial charge in [-0.3, -0.25) is 4.21 Å². The van der Waals surface area contributed by atoms with Crippen LogP contribution in [0, 0.1) is 5.92 Å². The Hall–Kier alpha value is -0.190. The largest absolute Gasteiger partial charge is 0.309 e. The minimum absolute atomic E-state index is 0.235. The zero-order valence-corrected chi connectivity index (χ0v) is 11.7. The molecule has 3 atom stereocenters. The standard InChI is InChI=1S/C12H16BrNOS/c1-9-6-14-12(8-16(15)7-9)10-2-4-11(13)5-3-10/h2-5,9,12,14H,6-8H2,1H3. The average Bonchev–Trinajstić information content (AvgIpc) is 2.41. The lowest BCUT2D eigenvalue weighted by Gasteiger charge is -2.16. The van der Waals surface area contributed by atoms with Crippen molar-refractivity contribution >= 4 is 26.7 Å². The van der Waals surface area contributed by atoms with Crippen LogP contribution in [0.3, 0.4) is 0 Å². The molecule has 1 aromatic carbocycles. The summed E-state index contributed by atoms with van der Waals surface area (Å²) in [7, 11) is -0.698. The quantitative estimate of drug-likeness (QED) is 0.863. The Kier molecular flexibility index (Phi) is 4.16. The van der Waals surface area contributed by atoms with E-state index in [1.807, 2.05) is 12.1 Å². The maximum atomic E-state index is 11.8. The fourth-order valence-electron chi connectivity index (χ4n) is 1.94. The van der Waals surface area contributed by atoms with Crippen molar-refractivity contribution in [3.05, 3.63) is 34.3 Å². The molecule has 1 fully saturated rings. The van der Waals surface area contributed by atoms with Crippen molar-refractivity contribution in [3.63, 3.8) is 0 Å². The predicted molar refractivity (Wildman–Crippen MR) is 71.9 cm³/mol. The maximum Gasteiger partial charge on any atom is 0.0436 e. The minimum Gasteiger partial charge on any atom is -0.309 e. The lowest BCUT2D eigenvalue weighted by molar-refractivity contribution is 0.517. The first-order chi connectivity index (χ1) is 7.65. The molecular formula is C12H16BrNOS. The molecule has 0 bridgehead atoms. The predicted octanol–water partition coefficient (Wildman–Crippen LogP) is 2.48. The van der Waals surface area contributed by atoms with Gasteiger partial charge in [-0.25, -0.2) is 0 Å². The van der Waals surface area contributed by atoms with Gasteiger partial charge >= 0.3 is 0 Å². The van der Waals surface area contributed by atoms with Crippen molar-refractivity contribution in [3.8, 4) is 0 Å². The van der Waals surface area contributed by atoms with E-state index in [2.05, 4.69) is 40.3 Å². The van der Waals surface area contributed by atoms with E-state index in [1.54, 1.807) is 0 Å². The van der Waals surface area contributed by atoms with Crippen molar-refractivity contribution in [2.24, 2.45) is 5.92 Å². The fraction of sp³-hybridized carbons (Fsp3) is 0.500. The molecule has 0 saturated carbocycles. The molecule has 4 heteroatoms. The van der Waals surface area contributed by atoms with Gasteiger partial charge in [0.25, 0.3) is 0 Å². The van der Waals surface area contributed by atoms with Gasteiger partial charge in [-0.05, 0) is 30.2 Å². The van der Waals surface area contributed by atoms with Crippen LogP contribution in [0.2, 0.25) is 0 Å². The summed E-state index contributed by atoms with van der Waals surface area (Å²) in [6.07, 6.45) is 0. The molecule has 1 aliphatic heterocycles. The van der Waals surface area contributed by atoms with Crippen molar-refractivity contribution in [2.75, 3.05) is 18.1 Å². The summed E-state index contributed by atoms with van der Waals surface area (Å²) in [6, 6.07) is 8.49. The summed E-state index contributed by atoms with van der Waals surface area (Å²) in [6.45, 7) is 3.10. The SMILES string of the molecule is CC1CNC(c2ccc(Br)cc2)CS(=O)C1. The summed E-state index contributed by atoms with van der Waals surface area (Å²) in [4.78, 5) is 0. The second kappa shape index (κ2) is 5.43. The number of rotatable bonds is 1. The van der Waals surface area contributed by atoms with E-state index >= 15 is 0 Å². The van der Waals surface area contributed by atoms with Crippen LogP contribution < -0.4 is 5.32 Å². The van der Waals surface area contributed by atoms with Gasteiger partial charge in [0.05, 0.1) is 0 Å². The van der Waals surface area contributed by atoms with Crippen molar-refractivity contribution < 1.29 is 4.21 Å². The summed E-state index contributed by atoms with van der Waals surface area (Å²) in [5.41, 5.74) is 1.23. The minimum atomic E-state index is -0.698. The van der Waals surface area contributed by atoms with Crippen molar-refractivity contribution in [1.82, 2.24) is 5.32 Å². The third kappa shape index (κ3) is 3.15. The van der Waals surface area contributed by atoms with Crippen LogP contribution in [-0.4, -0.2) is 22.3 Å². The van der Waals surface area contributed by atoms with Gasteiger partial charge in [0.2, 0.25) is 0 Å². The van der Waals surface area contributed by atoms with Crippen LogP contribution in [-0.2, 0) is 10.8 Å². The Bertz CT molecular complexity index is 379. The molecule has 0 spiro atoms. The van der Waals surface area contributed by atoms with Gasteiger partial charge in [-0.15, -0.1) is 0 Å². The molecule has 2 nitrogen and oxygen atoms in total. The number of nitrogens with one attached hydrogen (secondary N) is 1. The second-order valence-corrected chi connectivity index (χ2v) is 6.85. The zero-order valence-electron chi connectivity index (χ0n) is 9.28. The molecule has 1 N–H and O–H groups in total. The van der Waals surface area contributed by atoms with Crippen LogP contribution in [0.15, 0.2) is 28.7 Å². The van der Waals surface area contributed by atoms with E-state index in [-0.39, 0.29) is 6.04 Å². The second-order valence-electron chi connectivity index (χ2n) is 4.39. The Balaban J connectivity index is 2.14. The average molecular weight is 302 g/mol. The first-order valence-electron chi connectivity index (χ1n) is 5.49. The van der Waals surface area contributed by atoms with Gasteiger partial charge in [0.1, 0.15) is 0 Å². The van der Waals surface area contributed by atoms with Crippen LogP contribution >= 0.6 is 15.9 Å². The topological polar surface area (TPSA) is 29.1 Å². The van der Waals surface area contributed by atoms with Crippen LogP contribution in [0.5, 0.6) is 0 Å². The van der Waals surface area contributed by atoms with E-state index in [0.29, 0.717) is 5.92 Å². The number of halogens is 1. The first kappa shape index (κ1) is 12.3. The van der Waals surface area contributed by atoms with E-state index in [9.17, 15) is 4.21 Å². The highest BCUT2D eigenvalue weighted by Gasteiger charge is 2.21. The third-order valence-electron chi connectivity index (χ3n) is 2.81. The first-order valence-corrected chi connectivity index (χ1v) is 7.77. The zero-order chi connectivity index (χ0) is 11.5. The molecule has 0 amide bonds. The monoisotopic (exact) mass is 301 g/mol. The normalized spacial score (nSPS) is 31.0. The molecule has 3 unspecified atom stereocenters. The third-order valence-corrected chi connectivity index (χ3v) is 4.98. The smallest absolute Gasteiger partial charge is 0.0436 e. The Morgan fingerprint density at radius 2 is 2.00 bits per heavy atom. The molecule has 0 aromatic heterocycles. The highest BCUT2D eigenvalue weighted by Crippen LogP contribution is 2.20. The molecule has 0 radical (unpaired) electrons. The fourth-order valence-corrected chi connectivity index (χ4v) is 3.78. The van der Waals surface area contributed by atoms with Gasteiger partial charge < -0.3 is 5.32 Å². The van der Waals surface area contributed by atoms with Crippen molar-refractivity contribution in [1.29, 1.82) is 0 Å². The summed E-state index contributed by atoms with van der Waals surface area (Å²) in [5, 5.41) is 3.49. The molecule has 88 valence electrons. The molecule has 16 heavy (non-hydrogen) atoms. The van der Waals surface area contributed by atoms with Crippen LogP contribution in [0.1, 0.15) is 18.5 Å². The number of benzene rings is 1. The van der Waals surface area contributed by atoms with Gasteiger partial charge in [-0.2, -0.15) is 0 Å². The summed E-state index contributed by atoms with van der Waals surface area (Å²) < 4.78 is 12.9. The molecule has 1 saturated heterocycles. The van der Waals surface area contributed by atoms with E-state index in [1.165, 1.54) is 5.56 Å². The highest BCUT2D eigenvalue weighted by atomic mass is 79.9. The Labute approximate surface area is 107 Å². The molecule has 1 aliphatic rings. The lowest BCUT2D eigenvalue weighted by Crippen LogP contribution is -2.25. The van der Waals surface area contributed by atoms with Gasteiger partial charge in [0, 0.05) is 32.8 Å². The number of hydrogen-bond acceptors (Lipinski definition) is 2. The van der Waals surface area contributed by atoms with E-state index in [4.69, 9.17) is 0 Å². The van der Waals surface area contributed by atoms with E-state index < -0.39 is 10.8 Å². The van der Waals surface area contributed by atoms with Crippen LogP contribution in [0.25, 0.3) is 0 Å². The van der Waals surface area contributed by atoms with Crippen LogP contribution in [0.4, 0.5) is 0 Å². The van der Waals surface area contributed by atoms with Gasteiger partial charge in [0.15, 0.2) is 0 Å². The van der Waals surface area contributed by atoms with E-state index in [0.717, 1.165) is 22.5 Å². The lowest BCUT2D eigenvalue weighted by atomic mass is 10.1. The Morgan fingerprint density at radius 3 is 2.69 bits per heavy atom. The molecule has 1 heterocycles. The number of hydrogen-bond donors (Lipinski definition) is 1.